The van der Waals surface area contributed by atoms with Crippen LogP contribution in [0.15, 0.2) is 0 Å². The molecule has 0 saturated carbocycles. The monoisotopic (exact) mass is 529 g/mol. The van der Waals surface area contributed by atoms with Gasteiger partial charge in [-0.15, -0.1) is 0 Å². The van der Waals surface area contributed by atoms with Crippen molar-refractivity contribution in [3.05, 3.63) is 0 Å². The lowest BCUT2D eigenvalue weighted by molar-refractivity contribution is -0.244. The largest absolute Gasteiger partial charge is 0.451 e. The first-order valence-electron chi connectivity index (χ1n) is 6.83. The van der Waals surface area contributed by atoms with E-state index < -0.39 is 72.0 Å². The molecule has 0 aliphatic heterocycles. The van der Waals surface area contributed by atoms with E-state index in [0.717, 1.165) is 0 Å². The number of sulfone groups is 1. The van der Waals surface area contributed by atoms with Gasteiger partial charge in [-0.25, -0.2) is 21.6 Å². The number of halogens is 12. The normalized spacial score (nSPS) is 15.3. The Morgan fingerprint density at radius 1 is 0.710 bits per heavy atom. The highest BCUT2D eigenvalue weighted by Crippen LogP contribution is 2.52. The minimum absolute atomic E-state index is 0.535. The van der Waals surface area contributed by atoms with Gasteiger partial charge in [0.15, 0.2) is 0 Å². The predicted molar refractivity (Wildman–Crippen MR) is 72.3 cm³/mol. The number of hydrogen-bond acceptors (Lipinski definition) is 6. The van der Waals surface area contributed by atoms with Crippen LogP contribution < -0.4 is 4.72 Å². The van der Waals surface area contributed by atoms with Crippen LogP contribution >= 0.6 is 0 Å². The van der Waals surface area contributed by atoms with Crippen LogP contribution in [-0.2, 0) is 29.4 Å². The number of carbonyl (C=O) groups is 2. The third-order valence-corrected chi connectivity index (χ3v) is 6.73. The third-order valence-electron chi connectivity index (χ3n) is 3.11. The SMILES string of the molecule is CCNS(=O)(=O)C(F)(F)C(F)(F)C(F)(F)S(=O)(=O)C(C(=O)C(F)(F)F)C(=O)C(F)(F)F. The van der Waals surface area contributed by atoms with E-state index in [9.17, 15) is 79.1 Å². The number of hydrogen-bond donors (Lipinski definition) is 1. The van der Waals surface area contributed by atoms with Crippen LogP contribution in [0.5, 0.6) is 0 Å². The van der Waals surface area contributed by atoms with Gasteiger partial charge in [0.1, 0.15) is 0 Å². The fourth-order valence-corrected chi connectivity index (χ4v) is 4.35. The summed E-state index contributed by atoms with van der Waals surface area (Å²) in [4.78, 5) is 21.8. The molecule has 0 aromatic carbocycles. The second-order valence-electron chi connectivity index (χ2n) is 5.26. The maximum Gasteiger partial charge on any atom is 0.451 e. The summed E-state index contributed by atoms with van der Waals surface area (Å²) in [6, 6.07) is 0. The molecule has 0 aromatic heterocycles. The molecule has 184 valence electrons. The van der Waals surface area contributed by atoms with Crippen LogP contribution in [0.4, 0.5) is 52.7 Å². The van der Waals surface area contributed by atoms with Crippen molar-refractivity contribution >= 4 is 31.4 Å². The molecule has 0 heterocycles. The Morgan fingerprint density at radius 3 is 1.29 bits per heavy atom. The first-order valence-corrected chi connectivity index (χ1v) is 9.86. The van der Waals surface area contributed by atoms with Gasteiger partial charge in [-0.05, 0) is 0 Å². The molecule has 31 heavy (non-hydrogen) atoms. The van der Waals surface area contributed by atoms with Crippen LogP contribution in [-0.4, -0.2) is 69.0 Å². The molecule has 0 rings (SSSR count). The van der Waals surface area contributed by atoms with Crippen LogP contribution in [0.2, 0.25) is 0 Å². The molecule has 0 amide bonds. The molecule has 0 fully saturated rings. The molecule has 0 aliphatic carbocycles. The topological polar surface area (TPSA) is 114 Å². The highest BCUT2D eigenvalue weighted by Gasteiger charge is 2.84. The molecular weight excluding hydrogens is 522 g/mol. The Kier molecular flexibility index (Phi) is 7.62. The van der Waals surface area contributed by atoms with E-state index in [1.165, 1.54) is 0 Å². The van der Waals surface area contributed by atoms with Crippen LogP contribution in [0.1, 0.15) is 6.92 Å². The smallest absolute Gasteiger partial charge is 0.288 e. The summed E-state index contributed by atoms with van der Waals surface area (Å²) in [6.07, 6.45) is -13.7. The van der Waals surface area contributed by atoms with Crippen molar-refractivity contribution in [2.45, 2.75) is 41.0 Å². The van der Waals surface area contributed by atoms with Crippen molar-refractivity contribution in [3.8, 4) is 0 Å². The molecule has 0 saturated heterocycles. The van der Waals surface area contributed by atoms with Gasteiger partial charge in [-0.3, -0.25) is 9.59 Å². The molecule has 21 heteroatoms. The first-order chi connectivity index (χ1) is 13.2. The summed E-state index contributed by atoms with van der Waals surface area (Å²) >= 11 is 0. The summed E-state index contributed by atoms with van der Waals surface area (Å²) in [7, 11) is -15.4. The van der Waals surface area contributed by atoms with Crippen LogP contribution in [0.3, 0.4) is 0 Å². The number of nitrogens with one attached hydrogen (secondary N) is 1. The lowest BCUT2D eigenvalue weighted by atomic mass is 10.2. The quantitative estimate of drug-likeness (QED) is 0.360. The fraction of sp³-hybridized carbons (Fsp3) is 0.800. The molecule has 0 aliphatic rings. The van der Waals surface area contributed by atoms with Gasteiger partial charge in [-0.2, -0.15) is 52.7 Å². The van der Waals surface area contributed by atoms with Gasteiger partial charge in [-0.1, -0.05) is 6.92 Å². The molecule has 0 radical (unpaired) electrons. The average molecular weight is 529 g/mol. The molecule has 0 atom stereocenters. The number of ketones is 2. The van der Waals surface area contributed by atoms with Gasteiger partial charge in [0.25, 0.3) is 21.6 Å². The summed E-state index contributed by atoms with van der Waals surface area (Å²) in [5.41, 5.74) is 0. The molecule has 7 nitrogen and oxygen atoms in total. The predicted octanol–water partition coefficient (Wildman–Crippen LogP) is 1.79. The average Bonchev–Trinajstić information content (AvgIpc) is 2.51. The minimum atomic E-state index is -8.48. The maximum absolute atomic E-state index is 13.8. The van der Waals surface area contributed by atoms with E-state index in [-0.39, 0.29) is 0 Å². The van der Waals surface area contributed by atoms with Gasteiger partial charge in [0, 0.05) is 6.54 Å². The number of sulfonamides is 1. The van der Waals surface area contributed by atoms with Crippen LogP contribution in [0, 0.1) is 0 Å². The van der Waals surface area contributed by atoms with Crippen molar-refractivity contribution in [3.63, 3.8) is 0 Å². The molecule has 0 spiro atoms. The zero-order valence-corrected chi connectivity index (χ0v) is 15.7. The fourth-order valence-electron chi connectivity index (χ4n) is 1.64. The Hall–Kier alpha value is -1.64. The number of alkyl halides is 12. The third kappa shape index (κ3) is 4.76. The van der Waals surface area contributed by atoms with Gasteiger partial charge in [0.2, 0.25) is 15.1 Å². The molecule has 0 unspecified atom stereocenters. The maximum atomic E-state index is 13.8. The second-order valence-corrected chi connectivity index (χ2v) is 9.14. The number of Topliss-reactive ketones (excluding diaryl/α,β-unsaturated/α-hetero) is 2. The van der Waals surface area contributed by atoms with Gasteiger partial charge < -0.3 is 0 Å². The molecule has 1 N–H and O–H groups in total. The molecular formula is C10H7F12NO6S2. The highest BCUT2D eigenvalue weighted by molar-refractivity contribution is 7.95. The second kappa shape index (κ2) is 8.05. The summed E-state index contributed by atoms with van der Waals surface area (Å²) in [6.45, 7) is -0.575. The summed E-state index contributed by atoms with van der Waals surface area (Å²) in [5, 5.41) is -20.7. The van der Waals surface area contributed by atoms with E-state index in [4.69, 9.17) is 0 Å². The summed E-state index contributed by atoms with van der Waals surface area (Å²) in [5.74, 6) is -16.7. The van der Waals surface area contributed by atoms with Crippen molar-refractivity contribution in [2.75, 3.05) is 6.54 Å². The number of carbonyl (C=O) groups excluding carboxylic acids is 2. The standard InChI is InChI=1S/C10H7F12NO6S2/c1-2-23-31(28,29)10(21,22)8(17,18)9(19,20)30(26,27)3(4(24)6(11,12)13)5(25)7(14,15)16/h3,23H,2H2,1H3. The first kappa shape index (κ1) is 29.4. The van der Waals surface area contributed by atoms with Gasteiger partial charge >= 0.3 is 28.8 Å². The Labute approximate surface area is 163 Å². The van der Waals surface area contributed by atoms with E-state index in [1.807, 2.05) is 0 Å². The van der Waals surface area contributed by atoms with Crippen LogP contribution in [0.25, 0.3) is 0 Å². The Bertz CT molecular complexity index is 908. The molecule has 0 bridgehead atoms. The van der Waals surface area contributed by atoms with E-state index in [2.05, 4.69) is 0 Å². The Balaban J connectivity index is 7.08. The van der Waals surface area contributed by atoms with Crippen molar-refractivity contribution < 1.29 is 79.1 Å². The van der Waals surface area contributed by atoms with Crippen molar-refractivity contribution in [2.24, 2.45) is 0 Å². The van der Waals surface area contributed by atoms with E-state index in [0.29, 0.717) is 11.6 Å². The summed E-state index contributed by atoms with van der Waals surface area (Å²) < 4.78 is 202. The van der Waals surface area contributed by atoms with E-state index >= 15 is 0 Å². The van der Waals surface area contributed by atoms with Crippen molar-refractivity contribution in [1.29, 1.82) is 0 Å². The van der Waals surface area contributed by atoms with E-state index in [1.54, 1.807) is 0 Å². The minimum Gasteiger partial charge on any atom is -0.288 e. The zero-order chi connectivity index (χ0) is 25.6. The lowest BCUT2D eigenvalue weighted by Crippen LogP contribution is -2.66. The van der Waals surface area contributed by atoms with Crippen molar-refractivity contribution in [1.82, 2.24) is 4.72 Å². The Morgan fingerprint density at radius 2 is 1.03 bits per heavy atom. The zero-order valence-electron chi connectivity index (χ0n) is 14.1. The van der Waals surface area contributed by atoms with Gasteiger partial charge in [0.05, 0.1) is 0 Å². The lowest BCUT2D eigenvalue weighted by Gasteiger charge is -2.33. The molecule has 0 aromatic rings. The number of rotatable bonds is 9. The highest BCUT2D eigenvalue weighted by atomic mass is 32.2.